The van der Waals surface area contributed by atoms with Crippen LogP contribution < -0.4 is 0 Å². The normalized spacial score (nSPS) is 11.3. The highest BCUT2D eigenvalue weighted by atomic mass is 35.5. The average Bonchev–Trinajstić information content (AvgIpc) is 2.54. The van der Waals surface area contributed by atoms with Crippen molar-refractivity contribution in [2.24, 2.45) is 0 Å². The van der Waals surface area contributed by atoms with Crippen LogP contribution in [0.3, 0.4) is 0 Å². The van der Waals surface area contributed by atoms with Gasteiger partial charge in [0.2, 0.25) is 0 Å². The first-order valence-corrected chi connectivity index (χ1v) is 4.99. The Hall–Kier alpha value is -1.54. The van der Waals surface area contributed by atoms with E-state index in [4.69, 9.17) is 11.6 Å². The molecule has 0 bridgehead atoms. The maximum Gasteiger partial charge on any atom is 0.134 e. The summed E-state index contributed by atoms with van der Waals surface area (Å²) in [6.07, 6.45) is 0. The van der Waals surface area contributed by atoms with Gasteiger partial charge in [0, 0.05) is 21.3 Å². The van der Waals surface area contributed by atoms with Crippen molar-refractivity contribution in [3.05, 3.63) is 47.2 Å². The fourth-order valence-electron chi connectivity index (χ4n) is 1.90. The molecule has 15 heavy (non-hydrogen) atoms. The molecule has 3 aromatic rings. The van der Waals surface area contributed by atoms with E-state index in [0.29, 0.717) is 10.4 Å². The molecule has 0 radical (unpaired) electrons. The van der Waals surface area contributed by atoms with Crippen LogP contribution in [-0.4, -0.2) is 4.98 Å². The summed E-state index contributed by atoms with van der Waals surface area (Å²) in [5.74, 6) is -0.282. The maximum atomic E-state index is 13.7. The van der Waals surface area contributed by atoms with Gasteiger partial charge in [-0.05, 0) is 18.2 Å². The molecule has 3 heteroatoms. The van der Waals surface area contributed by atoms with Gasteiger partial charge in [-0.15, -0.1) is 0 Å². The average molecular weight is 220 g/mol. The summed E-state index contributed by atoms with van der Waals surface area (Å²) in [6.45, 7) is 0. The second kappa shape index (κ2) is 2.97. The van der Waals surface area contributed by atoms with Gasteiger partial charge in [-0.25, -0.2) is 4.39 Å². The summed E-state index contributed by atoms with van der Waals surface area (Å²) in [7, 11) is 0. The summed E-state index contributed by atoms with van der Waals surface area (Å²) in [6, 6.07) is 10.7. The smallest absolute Gasteiger partial charge is 0.134 e. The Morgan fingerprint density at radius 2 is 1.87 bits per heavy atom. The van der Waals surface area contributed by atoms with Crippen LogP contribution in [0.4, 0.5) is 4.39 Å². The Labute approximate surface area is 90.5 Å². The molecule has 1 N–H and O–H groups in total. The molecule has 0 atom stereocenters. The number of hydrogen-bond donors (Lipinski definition) is 1. The minimum atomic E-state index is -0.282. The Kier molecular flexibility index (Phi) is 1.73. The zero-order valence-corrected chi connectivity index (χ0v) is 8.48. The lowest BCUT2D eigenvalue weighted by molar-refractivity contribution is 0.641. The van der Waals surface area contributed by atoms with Crippen LogP contribution in [-0.2, 0) is 0 Å². The molecule has 3 rings (SSSR count). The molecule has 1 nitrogen and oxygen atoms in total. The van der Waals surface area contributed by atoms with Gasteiger partial charge in [0.05, 0.1) is 5.52 Å². The number of aromatic nitrogens is 1. The van der Waals surface area contributed by atoms with Gasteiger partial charge in [0.15, 0.2) is 0 Å². The van der Waals surface area contributed by atoms with E-state index in [1.807, 2.05) is 24.3 Å². The van der Waals surface area contributed by atoms with E-state index in [2.05, 4.69) is 4.98 Å². The van der Waals surface area contributed by atoms with E-state index in [9.17, 15) is 4.39 Å². The third kappa shape index (κ3) is 1.22. The lowest BCUT2D eigenvalue weighted by Crippen LogP contribution is -1.76. The molecule has 0 saturated carbocycles. The van der Waals surface area contributed by atoms with Crippen molar-refractivity contribution in [1.82, 2.24) is 4.98 Å². The quantitative estimate of drug-likeness (QED) is 0.586. The highest BCUT2D eigenvalue weighted by Crippen LogP contribution is 2.29. The molecule has 0 aliphatic heterocycles. The van der Waals surface area contributed by atoms with Crippen LogP contribution in [0.15, 0.2) is 36.4 Å². The Morgan fingerprint density at radius 1 is 1.07 bits per heavy atom. The van der Waals surface area contributed by atoms with Gasteiger partial charge < -0.3 is 4.98 Å². The fraction of sp³-hybridized carbons (Fsp3) is 0. The molecule has 74 valence electrons. The summed E-state index contributed by atoms with van der Waals surface area (Å²) < 4.78 is 13.7. The van der Waals surface area contributed by atoms with Crippen LogP contribution in [0.5, 0.6) is 0 Å². The molecule has 0 aliphatic carbocycles. The van der Waals surface area contributed by atoms with Gasteiger partial charge in [-0.3, -0.25) is 0 Å². The Balaban J connectivity index is 2.61. The minimum Gasteiger partial charge on any atom is -0.354 e. The zero-order valence-electron chi connectivity index (χ0n) is 7.72. The predicted octanol–water partition coefficient (Wildman–Crippen LogP) is 4.11. The van der Waals surface area contributed by atoms with E-state index >= 15 is 0 Å². The molecule has 0 spiro atoms. The summed E-state index contributed by atoms with van der Waals surface area (Å²) in [5.41, 5.74) is 1.66. The first kappa shape index (κ1) is 8.74. The Morgan fingerprint density at radius 3 is 2.73 bits per heavy atom. The van der Waals surface area contributed by atoms with Crippen LogP contribution in [0.2, 0.25) is 5.02 Å². The number of nitrogens with one attached hydrogen (secondary N) is 1. The monoisotopic (exact) mass is 219 g/mol. The maximum absolute atomic E-state index is 13.7. The Bertz CT molecular complexity index is 657. The van der Waals surface area contributed by atoms with E-state index in [1.54, 1.807) is 6.07 Å². The SMILES string of the molecule is Fc1cc(Cl)cc2[nH]c3ccccc3c12. The third-order valence-corrected chi connectivity index (χ3v) is 2.74. The largest absolute Gasteiger partial charge is 0.354 e. The van der Waals surface area contributed by atoms with Gasteiger partial charge in [-0.1, -0.05) is 29.8 Å². The lowest BCUT2D eigenvalue weighted by Gasteiger charge is -1.94. The second-order valence-electron chi connectivity index (χ2n) is 3.48. The number of fused-ring (bicyclic) bond motifs is 3. The van der Waals surface area contributed by atoms with Crippen molar-refractivity contribution < 1.29 is 4.39 Å². The van der Waals surface area contributed by atoms with Crippen LogP contribution in [0.1, 0.15) is 0 Å². The van der Waals surface area contributed by atoms with Gasteiger partial charge in [0.1, 0.15) is 5.82 Å². The number of hydrogen-bond acceptors (Lipinski definition) is 0. The predicted molar refractivity (Wildman–Crippen MR) is 60.8 cm³/mol. The molecular weight excluding hydrogens is 213 g/mol. The number of aromatic amines is 1. The number of rotatable bonds is 0. The van der Waals surface area contributed by atoms with Crippen LogP contribution >= 0.6 is 11.6 Å². The van der Waals surface area contributed by atoms with E-state index in [1.165, 1.54) is 6.07 Å². The molecule has 0 aliphatic rings. The van der Waals surface area contributed by atoms with Crippen LogP contribution in [0.25, 0.3) is 21.8 Å². The molecule has 0 fully saturated rings. The minimum absolute atomic E-state index is 0.282. The molecule has 0 unspecified atom stereocenters. The molecule has 1 aromatic heterocycles. The summed E-state index contributed by atoms with van der Waals surface area (Å²) in [4.78, 5) is 3.14. The van der Waals surface area contributed by atoms with E-state index in [0.717, 1.165) is 16.4 Å². The van der Waals surface area contributed by atoms with Crippen molar-refractivity contribution in [2.45, 2.75) is 0 Å². The number of H-pyrrole nitrogens is 1. The van der Waals surface area contributed by atoms with Crippen molar-refractivity contribution in [2.75, 3.05) is 0 Å². The van der Waals surface area contributed by atoms with E-state index in [-0.39, 0.29) is 5.82 Å². The molecule has 2 aromatic carbocycles. The molecule has 0 amide bonds. The first-order valence-electron chi connectivity index (χ1n) is 4.61. The van der Waals surface area contributed by atoms with Crippen molar-refractivity contribution in [3.63, 3.8) is 0 Å². The second-order valence-corrected chi connectivity index (χ2v) is 3.92. The molecular formula is C12H7ClFN. The van der Waals surface area contributed by atoms with Crippen molar-refractivity contribution in [3.8, 4) is 0 Å². The number of benzene rings is 2. The first-order chi connectivity index (χ1) is 7.25. The third-order valence-electron chi connectivity index (χ3n) is 2.52. The lowest BCUT2D eigenvalue weighted by atomic mass is 10.1. The highest BCUT2D eigenvalue weighted by Gasteiger charge is 2.09. The van der Waals surface area contributed by atoms with Gasteiger partial charge in [0.25, 0.3) is 0 Å². The number of halogens is 2. The van der Waals surface area contributed by atoms with Gasteiger partial charge >= 0.3 is 0 Å². The van der Waals surface area contributed by atoms with Crippen molar-refractivity contribution in [1.29, 1.82) is 0 Å². The van der Waals surface area contributed by atoms with Crippen molar-refractivity contribution >= 4 is 33.4 Å². The number of para-hydroxylation sites is 1. The zero-order chi connectivity index (χ0) is 10.4. The summed E-state index contributed by atoms with van der Waals surface area (Å²) >= 11 is 5.79. The molecule has 1 heterocycles. The fourth-order valence-corrected chi connectivity index (χ4v) is 2.11. The molecule has 0 saturated heterocycles. The van der Waals surface area contributed by atoms with Crippen LogP contribution in [0, 0.1) is 5.82 Å². The van der Waals surface area contributed by atoms with E-state index < -0.39 is 0 Å². The summed E-state index contributed by atoms with van der Waals surface area (Å²) in [5, 5.41) is 1.91. The van der Waals surface area contributed by atoms with Gasteiger partial charge in [-0.2, -0.15) is 0 Å². The topological polar surface area (TPSA) is 15.8 Å². The highest BCUT2D eigenvalue weighted by molar-refractivity contribution is 6.31. The standard InChI is InChI=1S/C12H7ClFN/c13-7-5-9(14)12-8-3-1-2-4-10(8)15-11(12)6-7/h1-6,15H.